The highest BCUT2D eigenvalue weighted by Crippen LogP contribution is 2.31. The van der Waals surface area contributed by atoms with Gasteiger partial charge in [-0.3, -0.25) is 9.10 Å². The summed E-state index contributed by atoms with van der Waals surface area (Å²) >= 11 is 5.92. The number of nitrogens with zero attached hydrogens (tertiary/aromatic N) is 3. The number of hydrogen-bond donors (Lipinski definition) is 2. The van der Waals surface area contributed by atoms with Gasteiger partial charge in [-0.05, 0) is 36.2 Å². The molecule has 10 heteroatoms. The average Bonchev–Trinajstić information content (AvgIpc) is 2.78. The highest BCUT2D eigenvalue weighted by molar-refractivity contribution is 7.92. The van der Waals surface area contributed by atoms with Gasteiger partial charge in [0.15, 0.2) is 0 Å². The minimum atomic E-state index is -3.47. The second-order valence-electron chi connectivity index (χ2n) is 7.86. The van der Waals surface area contributed by atoms with E-state index in [9.17, 15) is 13.2 Å². The van der Waals surface area contributed by atoms with Gasteiger partial charge < -0.3 is 21.3 Å². The number of para-hydroxylation sites is 2. The zero-order valence-corrected chi connectivity index (χ0v) is 19.7. The summed E-state index contributed by atoms with van der Waals surface area (Å²) in [6.45, 7) is 2.60. The molecule has 1 fully saturated rings. The second kappa shape index (κ2) is 10.5. The van der Waals surface area contributed by atoms with Crippen LogP contribution in [0.5, 0.6) is 0 Å². The highest BCUT2D eigenvalue weighted by Gasteiger charge is 2.28. The van der Waals surface area contributed by atoms with Gasteiger partial charge >= 0.3 is 0 Å². The molecule has 1 atom stereocenters. The fourth-order valence-electron chi connectivity index (χ4n) is 3.89. The minimum Gasteiger partial charge on any atom is -0.366 e. The monoisotopic (exact) mass is 479 g/mol. The predicted octanol–water partition coefficient (Wildman–Crippen LogP) is 1.28. The Kier molecular flexibility index (Phi) is 8.00. The maximum Gasteiger partial charge on any atom is 0.239 e. The number of rotatable bonds is 8. The van der Waals surface area contributed by atoms with Crippen LogP contribution in [0, 0.1) is 0 Å². The van der Waals surface area contributed by atoms with E-state index in [-0.39, 0.29) is 19.0 Å². The molecule has 2 aromatic rings. The van der Waals surface area contributed by atoms with Crippen molar-refractivity contribution in [2.75, 3.05) is 54.7 Å². The Morgan fingerprint density at radius 1 is 1.09 bits per heavy atom. The van der Waals surface area contributed by atoms with Crippen LogP contribution in [0.2, 0.25) is 5.02 Å². The number of amides is 1. The van der Waals surface area contributed by atoms with Gasteiger partial charge in [-0.25, -0.2) is 8.42 Å². The Balaban J connectivity index is 1.67. The number of carbonyl (C=O) groups excluding carboxylic acids is 1. The molecule has 0 aromatic heterocycles. The molecule has 174 valence electrons. The first kappa shape index (κ1) is 24.3. The molecule has 0 saturated carbocycles. The van der Waals surface area contributed by atoms with E-state index >= 15 is 0 Å². The Hall–Kier alpha value is -2.33. The Bertz CT molecular complexity index is 1020. The first-order valence-corrected chi connectivity index (χ1v) is 12.7. The summed E-state index contributed by atoms with van der Waals surface area (Å²) in [6, 6.07) is 14.1. The normalized spacial score (nSPS) is 15.5. The standard InChI is InChI=1S/C22H30ClN5O3S/c1-32(30,31)28(11-10-24)21-5-3-2-4-20(21)26-12-14-27(15-13-26)22(29)19(25)16-17-6-8-18(23)9-7-17/h2-9,19H,10-16,24-25H2,1H3. The van der Waals surface area contributed by atoms with Gasteiger partial charge in [-0.2, -0.15) is 0 Å². The third-order valence-corrected chi connectivity index (χ3v) is 6.93. The van der Waals surface area contributed by atoms with Crippen molar-refractivity contribution in [1.82, 2.24) is 4.90 Å². The van der Waals surface area contributed by atoms with Gasteiger partial charge in [0.1, 0.15) is 0 Å². The van der Waals surface area contributed by atoms with Crippen molar-refractivity contribution in [2.45, 2.75) is 12.5 Å². The lowest BCUT2D eigenvalue weighted by Gasteiger charge is -2.39. The number of piperazine rings is 1. The second-order valence-corrected chi connectivity index (χ2v) is 10.2. The molecule has 1 amide bonds. The third kappa shape index (κ3) is 5.92. The highest BCUT2D eigenvalue weighted by atomic mass is 35.5. The molecule has 2 aromatic carbocycles. The molecule has 4 N–H and O–H groups in total. The summed E-state index contributed by atoms with van der Waals surface area (Å²) in [5.41, 5.74) is 14.2. The van der Waals surface area contributed by atoms with Crippen molar-refractivity contribution >= 4 is 38.9 Å². The van der Waals surface area contributed by atoms with Gasteiger partial charge in [0.25, 0.3) is 0 Å². The van der Waals surface area contributed by atoms with Crippen LogP contribution in [0.25, 0.3) is 0 Å². The lowest BCUT2D eigenvalue weighted by Crippen LogP contribution is -2.54. The maximum atomic E-state index is 12.9. The fourth-order valence-corrected chi connectivity index (χ4v) is 4.96. The fraction of sp³-hybridized carbons (Fsp3) is 0.409. The molecule has 1 aliphatic rings. The molecule has 1 aliphatic heterocycles. The van der Waals surface area contributed by atoms with Crippen LogP contribution < -0.4 is 20.7 Å². The van der Waals surface area contributed by atoms with Gasteiger partial charge in [0.05, 0.1) is 23.7 Å². The number of hydrogen-bond acceptors (Lipinski definition) is 6. The van der Waals surface area contributed by atoms with Crippen LogP contribution in [-0.2, 0) is 21.2 Å². The molecule has 1 unspecified atom stereocenters. The lowest BCUT2D eigenvalue weighted by atomic mass is 10.1. The van der Waals surface area contributed by atoms with Crippen molar-refractivity contribution in [2.24, 2.45) is 11.5 Å². The van der Waals surface area contributed by atoms with Crippen LogP contribution in [0.15, 0.2) is 48.5 Å². The molecule has 8 nitrogen and oxygen atoms in total. The molecule has 0 spiro atoms. The molecule has 0 bridgehead atoms. The summed E-state index contributed by atoms with van der Waals surface area (Å²) < 4.78 is 26.0. The van der Waals surface area contributed by atoms with Crippen molar-refractivity contribution in [3.63, 3.8) is 0 Å². The van der Waals surface area contributed by atoms with Gasteiger partial charge in [0, 0.05) is 44.3 Å². The van der Waals surface area contributed by atoms with Crippen LogP contribution >= 0.6 is 11.6 Å². The van der Waals surface area contributed by atoms with Gasteiger partial charge in [0.2, 0.25) is 15.9 Å². The maximum absolute atomic E-state index is 12.9. The largest absolute Gasteiger partial charge is 0.366 e. The van der Waals surface area contributed by atoms with E-state index in [2.05, 4.69) is 4.90 Å². The van der Waals surface area contributed by atoms with E-state index in [0.717, 1.165) is 11.3 Å². The number of anilines is 2. The van der Waals surface area contributed by atoms with E-state index in [4.69, 9.17) is 23.1 Å². The van der Waals surface area contributed by atoms with E-state index in [1.165, 1.54) is 10.6 Å². The van der Waals surface area contributed by atoms with Crippen LogP contribution in [-0.4, -0.2) is 70.8 Å². The third-order valence-electron chi connectivity index (χ3n) is 5.50. The van der Waals surface area contributed by atoms with Crippen molar-refractivity contribution in [1.29, 1.82) is 0 Å². The summed E-state index contributed by atoms with van der Waals surface area (Å²) in [7, 11) is -3.47. The molecular formula is C22H30ClN5O3S. The molecule has 0 aliphatic carbocycles. The van der Waals surface area contributed by atoms with Crippen LogP contribution in [0.1, 0.15) is 5.56 Å². The number of halogens is 1. The number of nitrogens with two attached hydrogens (primary N) is 2. The summed E-state index contributed by atoms with van der Waals surface area (Å²) in [5.74, 6) is -0.0891. The number of sulfonamides is 1. The topological polar surface area (TPSA) is 113 Å². The molecule has 3 rings (SSSR count). The molecular weight excluding hydrogens is 450 g/mol. The zero-order chi connectivity index (χ0) is 23.3. The average molecular weight is 480 g/mol. The van der Waals surface area contributed by atoms with Crippen molar-refractivity contribution < 1.29 is 13.2 Å². The van der Waals surface area contributed by atoms with E-state index in [0.29, 0.717) is 43.3 Å². The SMILES string of the molecule is CS(=O)(=O)N(CCN)c1ccccc1N1CCN(C(=O)C(N)Cc2ccc(Cl)cc2)CC1. The van der Waals surface area contributed by atoms with Crippen molar-refractivity contribution in [3.05, 3.63) is 59.1 Å². The molecule has 1 heterocycles. The summed E-state index contributed by atoms with van der Waals surface area (Å²) in [4.78, 5) is 16.7. The van der Waals surface area contributed by atoms with Gasteiger partial charge in [-0.1, -0.05) is 35.9 Å². The summed E-state index contributed by atoms with van der Waals surface area (Å²) in [5, 5.41) is 0.644. The van der Waals surface area contributed by atoms with E-state index in [1.807, 2.05) is 30.3 Å². The lowest BCUT2D eigenvalue weighted by molar-refractivity contribution is -0.132. The van der Waals surface area contributed by atoms with E-state index in [1.54, 1.807) is 23.1 Å². The quantitative estimate of drug-likeness (QED) is 0.589. The minimum absolute atomic E-state index is 0.0891. The first-order chi connectivity index (χ1) is 15.2. The number of benzene rings is 2. The molecule has 0 radical (unpaired) electrons. The van der Waals surface area contributed by atoms with Crippen LogP contribution in [0.4, 0.5) is 11.4 Å². The Morgan fingerprint density at radius 2 is 1.72 bits per heavy atom. The Morgan fingerprint density at radius 3 is 2.31 bits per heavy atom. The van der Waals surface area contributed by atoms with Gasteiger partial charge in [-0.15, -0.1) is 0 Å². The zero-order valence-electron chi connectivity index (χ0n) is 18.2. The smallest absolute Gasteiger partial charge is 0.239 e. The first-order valence-electron chi connectivity index (χ1n) is 10.5. The molecule has 1 saturated heterocycles. The predicted molar refractivity (Wildman–Crippen MR) is 130 cm³/mol. The van der Waals surface area contributed by atoms with Crippen molar-refractivity contribution in [3.8, 4) is 0 Å². The van der Waals surface area contributed by atoms with Crippen LogP contribution in [0.3, 0.4) is 0 Å². The molecule has 32 heavy (non-hydrogen) atoms. The number of carbonyl (C=O) groups is 1. The Labute approximate surface area is 194 Å². The van der Waals surface area contributed by atoms with E-state index < -0.39 is 16.1 Å². The summed E-state index contributed by atoms with van der Waals surface area (Å²) in [6.07, 6.45) is 1.62.